The van der Waals surface area contributed by atoms with Crippen LogP contribution in [0, 0.1) is 11.6 Å². The molecule has 2 aromatic rings. The number of hydrogen-bond donors (Lipinski definition) is 2. The summed E-state index contributed by atoms with van der Waals surface area (Å²) in [7, 11) is 0. The summed E-state index contributed by atoms with van der Waals surface area (Å²) in [5, 5.41) is 6.17. The molecule has 0 aliphatic rings. The van der Waals surface area contributed by atoms with E-state index < -0.39 is 17.5 Å². The molecule has 0 fully saturated rings. The zero-order valence-electron chi connectivity index (χ0n) is 10.2. The number of aromatic nitrogens is 2. The Labute approximate surface area is 108 Å². The molecule has 7 heteroatoms. The largest absolute Gasteiger partial charge is 0.396 e. The van der Waals surface area contributed by atoms with Crippen molar-refractivity contribution in [2.45, 2.75) is 13.5 Å². The number of nitrogen functional groups attached to an aromatic ring is 1. The monoisotopic (exact) mass is 266 g/mol. The molecule has 0 saturated heterocycles. The van der Waals surface area contributed by atoms with Crippen LogP contribution in [0.15, 0.2) is 24.4 Å². The number of nitrogens with zero attached hydrogens (tertiary/aromatic N) is 2. The third kappa shape index (κ3) is 2.54. The second-order valence-electron chi connectivity index (χ2n) is 3.84. The van der Waals surface area contributed by atoms with Gasteiger partial charge in [-0.1, -0.05) is 0 Å². The molecule has 1 heterocycles. The van der Waals surface area contributed by atoms with Crippen molar-refractivity contribution in [3.05, 3.63) is 41.7 Å². The second-order valence-corrected chi connectivity index (χ2v) is 3.84. The molecule has 0 aliphatic heterocycles. The topological polar surface area (TPSA) is 72.9 Å². The van der Waals surface area contributed by atoms with E-state index in [0.717, 1.165) is 18.2 Å². The number of nitrogens with one attached hydrogen (secondary N) is 1. The number of carbonyl (C=O) groups is 1. The summed E-state index contributed by atoms with van der Waals surface area (Å²) in [5.41, 5.74) is 5.68. The lowest BCUT2D eigenvalue weighted by Crippen LogP contribution is -2.19. The van der Waals surface area contributed by atoms with Gasteiger partial charge in [-0.25, -0.2) is 8.78 Å². The Morgan fingerprint density at radius 2 is 2.21 bits per heavy atom. The van der Waals surface area contributed by atoms with Gasteiger partial charge in [0.25, 0.3) is 5.91 Å². The predicted molar refractivity (Wildman–Crippen MR) is 66.6 cm³/mol. The fourth-order valence-corrected chi connectivity index (χ4v) is 1.66. The number of amides is 1. The first kappa shape index (κ1) is 13.0. The lowest BCUT2D eigenvalue weighted by molar-refractivity contribution is 0.101. The molecule has 2 rings (SSSR count). The van der Waals surface area contributed by atoms with E-state index in [9.17, 15) is 13.6 Å². The normalized spacial score (nSPS) is 10.5. The molecule has 0 aliphatic carbocycles. The standard InChI is InChI=1S/C12H12F2N4O/c1-2-18-11(9(15)6-16-18)12(19)17-10-5-7(13)3-4-8(10)14/h3-6H,2,15H2,1H3,(H,17,19). The Kier molecular flexibility index (Phi) is 3.46. The molecule has 1 amide bonds. The van der Waals surface area contributed by atoms with Crippen LogP contribution in [0.5, 0.6) is 0 Å². The average Bonchev–Trinajstić information content (AvgIpc) is 2.75. The molecule has 0 atom stereocenters. The number of aryl methyl sites for hydroxylation is 1. The van der Waals surface area contributed by atoms with Crippen LogP contribution < -0.4 is 11.1 Å². The Bertz CT molecular complexity index is 624. The summed E-state index contributed by atoms with van der Waals surface area (Å²) in [5.74, 6) is -2.01. The van der Waals surface area contributed by atoms with Crippen LogP contribution in [-0.4, -0.2) is 15.7 Å². The second kappa shape index (κ2) is 5.05. The zero-order chi connectivity index (χ0) is 14.0. The first-order valence-corrected chi connectivity index (χ1v) is 5.60. The minimum absolute atomic E-state index is 0.117. The number of nitrogens with two attached hydrogens (primary N) is 1. The highest BCUT2D eigenvalue weighted by atomic mass is 19.1. The third-order valence-electron chi connectivity index (χ3n) is 2.56. The number of benzene rings is 1. The van der Waals surface area contributed by atoms with Crippen LogP contribution in [0.2, 0.25) is 0 Å². The highest BCUT2D eigenvalue weighted by Crippen LogP contribution is 2.18. The number of carbonyl (C=O) groups excluding carboxylic acids is 1. The van der Waals surface area contributed by atoms with Crippen molar-refractivity contribution < 1.29 is 13.6 Å². The first-order valence-electron chi connectivity index (χ1n) is 5.60. The van der Waals surface area contributed by atoms with Gasteiger partial charge < -0.3 is 11.1 Å². The van der Waals surface area contributed by atoms with Gasteiger partial charge in [0.05, 0.1) is 17.6 Å². The molecule has 5 nitrogen and oxygen atoms in total. The maximum atomic E-state index is 13.4. The molecule has 1 aromatic heterocycles. The molecule has 0 radical (unpaired) electrons. The van der Waals surface area contributed by atoms with Crippen molar-refractivity contribution in [1.29, 1.82) is 0 Å². The van der Waals surface area contributed by atoms with Gasteiger partial charge in [0.2, 0.25) is 0 Å². The van der Waals surface area contributed by atoms with Crippen molar-refractivity contribution in [1.82, 2.24) is 9.78 Å². The molecular weight excluding hydrogens is 254 g/mol. The van der Waals surface area contributed by atoms with E-state index in [1.807, 2.05) is 0 Å². The van der Waals surface area contributed by atoms with E-state index >= 15 is 0 Å². The summed E-state index contributed by atoms with van der Waals surface area (Å²) in [6.07, 6.45) is 1.33. The van der Waals surface area contributed by atoms with Crippen LogP contribution in [-0.2, 0) is 6.54 Å². The number of rotatable bonds is 3. The predicted octanol–water partition coefficient (Wildman–Crippen LogP) is 2.02. The summed E-state index contributed by atoms with van der Waals surface area (Å²) in [6, 6.07) is 2.80. The van der Waals surface area contributed by atoms with E-state index in [2.05, 4.69) is 10.4 Å². The minimum atomic E-state index is -0.726. The number of halogens is 2. The van der Waals surface area contributed by atoms with Gasteiger partial charge in [0.1, 0.15) is 17.3 Å². The van der Waals surface area contributed by atoms with Gasteiger partial charge in [-0.2, -0.15) is 5.10 Å². The molecule has 0 spiro atoms. The van der Waals surface area contributed by atoms with Gasteiger partial charge >= 0.3 is 0 Å². The molecule has 19 heavy (non-hydrogen) atoms. The molecular formula is C12H12F2N4O. The Morgan fingerprint density at radius 1 is 1.47 bits per heavy atom. The zero-order valence-corrected chi connectivity index (χ0v) is 10.2. The highest BCUT2D eigenvalue weighted by Gasteiger charge is 2.17. The van der Waals surface area contributed by atoms with Crippen LogP contribution >= 0.6 is 0 Å². The van der Waals surface area contributed by atoms with E-state index in [4.69, 9.17) is 5.73 Å². The SMILES string of the molecule is CCn1ncc(N)c1C(=O)Nc1cc(F)ccc1F. The molecule has 0 bridgehead atoms. The molecule has 100 valence electrons. The highest BCUT2D eigenvalue weighted by molar-refractivity contribution is 6.06. The number of anilines is 2. The van der Waals surface area contributed by atoms with Crippen LogP contribution in [0.25, 0.3) is 0 Å². The lowest BCUT2D eigenvalue weighted by atomic mass is 10.2. The van der Waals surface area contributed by atoms with Crippen LogP contribution in [0.1, 0.15) is 17.4 Å². The van der Waals surface area contributed by atoms with E-state index in [1.165, 1.54) is 10.9 Å². The molecule has 0 unspecified atom stereocenters. The Balaban J connectivity index is 2.30. The Hall–Kier alpha value is -2.44. The van der Waals surface area contributed by atoms with E-state index in [0.29, 0.717) is 6.54 Å². The summed E-state index contributed by atoms with van der Waals surface area (Å²) >= 11 is 0. The fourth-order valence-electron chi connectivity index (χ4n) is 1.66. The van der Waals surface area contributed by atoms with Crippen molar-refractivity contribution in [3.8, 4) is 0 Å². The van der Waals surface area contributed by atoms with Gasteiger partial charge in [-0.15, -0.1) is 0 Å². The van der Waals surface area contributed by atoms with Crippen molar-refractivity contribution >= 4 is 17.3 Å². The summed E-state index contributed by atoms with van der Waals surface area (Å²) in [6.45, 7) is 2.22. The Morgan fingerprint density at radius 3 is 2.89 bits per heavy atom. The quantitative estimate of drug-likeness (QED) is 0.892. The van der Waals surface area contributed by atoms with Crippen molar-refractivity contribution in [3.63, 3.8) is 0 Å². The van der Waals surface area contributed by atoms with Gasteiger partial charge in [0.15, 0.2) is 0 Å². The third-order valence-corrected chi connectivity index (χ3v) is 2.56. The van der Waals surface area contributed by atoms with Crippen LogP contribution in [0.3, 0.4) is 0 Å². The molecule has 3 N–H and O–H groups in total. The van der Waals surface area contributed by atoms with Gasteiger partial charge in [-0.3, -0.25) is 9.48 Å². The minimum Gasteiger partial charge on any atom is -0.396 e. The number of hydrogen-bond acceptors (Lipinski definition) is 3. The van der Waals surface area contributed by atoms with Crippen molar-refractivity contribution in [2.24, 2.45) is 0 Å². The van der Waals surface area contributed by atoms with Crippen LogP contribution in [0.4, 0.5) is 20.2 Å². The molecule has 0 saturated carbocycles. The van der Waals surface area contributed by atoms with E-state index in [-0.39, 0.29) is 17.1 Å². The first-order chi connectivity index (χ1) is 9.02. The van der Waals surface area contributed by atoms with Gasteiger partial charge in [0, 0.05) is 12.6 Å². The van der Waals surface area contributed by atoms with E-state index in [1.54, 1.807) is 6.92 Å². The maximum Gasteiger partial charge on any atom is 0.276 e. The fraction of sp³-hybridized carbons (Fsp3) is 0.167. The summed E-state index contributed by atoms with van der Waals surface area (Å²) in [4.78, 5) is 12.0. The average molecular weight is 266 g/mol. The smallest absolute Gasteiger partial charge is 0.276 e. The van der Waals surface area contributed by atoms with Crippen molar-refractivity contribution in [2.75, 3.05) is 11.1 Å². The lowest BCUT2D eigenvalue weighted by Gasteiger charge is -2.08. The maximum absolute atomic E-state index is 13.4. The van der Waals surface area contributed by atoms with Gasteiger partial charge in [-0.05, 0) is 19.1 Å². The molecule has 1 aromatic carbocycles. The summed E-state index contributed by atoms with van der Waals surface area (Å²) < 4.78 is 27.8.